The van der Waals surface area contributed by atoms with Crippen LogP contribution in [0.1, 0.15) is 36.8 Å². The molecule has 1 aliphatic rings. The number of hydrogen-bond donors (Lipinski definition) is 0. The number of ketones is 1. The molecule has 2 heterocycles. The zero-order valence-corrected chi connectivity index (χ0v) is 15.3. The van der Waals surface area contributed by atoms with Gasteiger partial charge in [-0.05, 0) is 12.5 Å². The number of hydrogen-bond acceptors (Lipinski definition) is 6. The molecule has 0 fully saturated rings. The van der Waals surface area contributed by atoms with Crippen LogP contribution >= 0.6 is 11.3 Å². The number of unbranched alkanes of at least 4 members (excludes halogenated alkanes) is 1. The first kappa shape index (κ1) is 17.5. The maximum atomic E-state index is 12.9. The fourth-order valence-corrected chi connectivity index (χ4v) is 3.76. The molecule has 5 nitrogen and oxygen atoms in total. The molecule has 25 heavy (non-hydrogen) atoms. The van der Waals surface area contributed by atoms with Gasteiger partial charge in [-0.2, -0.15) is 0 Å². The quantitative estimate of drug-likeness (QED) is 0.590. The van der Waals surface area contributed by atoms with Crippen molar-refractivity contribution < 1.29 is 9.59 Å². The Balaban J connectivity index is 2.14. The molecule has 0 spiro atoms. The number of benzodiazepines with no additional fused rings is 1. The average molecular weight is 355 g/mol. The molecule has 1 aliphatic heterocycles. The Hall–Kier alpha value is -2.34. The van der Waals surface area contributed by atoms with Crippen molar-refractivity contribution in [3.63, 3.8) is 0 Å². The molecule has 0 saturated carbocycles. The second-order valence-corrected chi connectivity index (χ2v) is 7.04. The molecule has 1 aromatic heterocycles. The van der Waals surface area contributed by atoms with E-state index in [9.17, 15) is 9.59 Å². The van der Waals surface area contributed by atoms with Crippen molar-refractivity contribution in [2.75, 3.05) is 18.5 Å². The topological polar surface area (TPSA) is 62.6 Å². The Morgan fingerprint density at radius 1 is 1.40 bits per heavy atom. The fraction of sp³-hybridized carbons (Fsp3) is 0.368. The van der Waals surface area contributed by atoms with Gasteiger partial charge in [0.2, 0.25) is 0 Å². The lowest BCUT2D eigenvalue weighted by Crippen LogP contribution is -2.57. The number of carbonyl (C=O) groups excluding carboxylic acids is 2. The van der Waals surface area contributed by atoms with Crippen molar-refractivity contribution >= 4 is 34.8 Å². The molecule has 1 unspecified atom stereocenters. The molecule has 130 valence electrons. The highest BCUT2D eigenvalue weighted by atomic mass is 32.1. The van der Waals surface area contributed by atoms with E-state index in [0.29, 0.717) is 6.42 Å². The lowest BCUT2D eigenvalue weighted by molar-refractivity contribution is -0.128. The van der Waals surface area contributed by atoms with Gasteiger partial charge in [0.05, 0.1) is 6.54 Å². The van der Waals surface area contributed by atoms with Crippen LogP contribution in [0.25, 0.3) is 0 Å². The third-order valence-corrected chi connectivity index (χ3v) is 5.45. The SMILES string of the molecule is CCCCC(=O)C1(C=O)CN=C(c2nccs2)c2ccccc2N1C. The Bertz CT molecular complexity index is 801. The van der Waals surface area contributed by atoms with E-state index in [1.54, 1.807) is 18.1 Å². The Morgan fingerprint density at radius 3 is 2.88 bits per heavy atom. The minimum atomic E-state index is -1.26. The summed E-state index contributed by atoms with van der Waals surface area (Å²) in [5, 5.41) is 2.69. The zero-order chi connectivity index (χ0) is 17.9. The lowest BCUT2D eigenvalue weighted by atomic mass is 9.90. The maximum absolute atomic E-state index is 12.9. The first-order chi connectivity index (χ1) is 12.1. The van der Waals surface area contributed by atoms with Gasteiger partial charge in [0.15, 0.2) is 17.6 Å². The van der Waals surface area contributed by atoms with Crippen molar-refractivity contribution in [1.82, 2.24) is 4.98 Å². The molecule has 0 radical (unpaired) electrons. The third-order valence-electron chi connectivity index (χ3n) is 4.67. The minimum absolute atomic E-state index is 0.0780. The smallest absolute Gasteiger partial charge is 0.174 e. The van der Waals surface area contributed by atoms with Crippen LogP contribution in [0.15, 0.2) is 40.8 Å². The van der Waals surface area contributed by atoms with Crippen LogP contribution in [0, 0.1) is 0 Å². The average Bonchev–Trinajstić information content (AvgIpc) is 3.13. The standard InChI is InChI=1S/C19H21N3O2S/c1-3-4-9-16(24)19(13-23)12-21-17(18-20-10-11-25-18)14-7-5-6-8-15(14)22(19)2/h5-8,10-11,13H,3-4,9,12H2,1-2H3. The van der Waals surface area contributed by atoms with Gasteiger partial charge in [-0.25, -0.2) is 4.98 Å². The number of aromatic nitrogens is 1. The second-order valence-electron chi connectivity index (χ2n) is 6.15. The van der Waals surface area contributed by atoms with E-state index in [-0.39, 0.29) is 12.3 Å². The normalized spacial score (nSPS) is 19.8. The number of fused-ring (bicyclic) bond motifs is 1. The van der Waals surface area contributed by atoms with Crippen LogP contribution in [0.3, 0.4) is 0 Å². The van der Waals surface area contributed by atoms with Crippen LogP contribution in [-0.2, 0) is 9.59 Å². The predicted octanol–water partition coefficient (Wildman–Crippen LogP) is 3.13. The number of likely N-dealkylation sites (N-methyl/N-ethyl adjacent to an activating group) is 1. The zero-order valence-electron chi connectivity index (χ0n) is 14.4. The van der Waals surface area contributed by atoms with E-state index in [0.717, 1.165) is 41.1 Å². The van der Waals surface area contributed by atoms with Crippen molar-refractivity contribution in [2.45, 2.75) is 31.7 Å². The van der Waals surface area contributed by atoms with E-state index >= 15 is 0 Å². The Kier molecular flexibility index (Phi) is 5.08. The number of nitrogens with zero attached hydrogens (tertiary/aromatic N) is 3. The van der Waals surface area contributed by atoms with Gasteiger partial charge >= 0.3 is 0 Å². The molecule has 1 atom stereocenters. The van der Waals surface area contributed by atoms with Gasteiger partial charge in [0.1, 0.15) is 10.7 Å². The van der Waals surface area contributed by atoms with Gasteiger partial charge in [0.25, 0.3) is 0 Å². The van der Waals surface area contributed by atoms with Gasteiger partial charge in [0, 0.05) is 36.3 Å². The number of carbonyl (C=O) groups is 2. The second kappa shape index (κ2) is 7.27. The number of aliphatic imine (C=N–C) groups is 1. The number of Topliss-reactive ketones (excluding diaryl/α,β-unsaturated/α-hetero) is 1. The van der Waals surface area contributed by atoms with Crippen LogP contribution in [0.2, 0.25) is 0 Å². The Morgan fingerprint density at radius 2 is 2.20 bits per heavy atom. The number of aldehydes is 1. The summed E-state index contributed by atoms with van der Waals surface area (Å²) in [5.74, 6) is -0.0780. The first-order valence-corrected chi connectivity index (χ1v) is 9.29. The van der Waals surface area contributed by atoms with Crippen molar-refractivity contribution in [1.29, 1.82) is 0 Å². The largest absolute Gasteiger partial charge is 0.354 e. The molecule has 0 bridgehead atoms. The van der Waals surface area contributed by atoms with Crippen LogP contribution < -0.4 is 4.90 Å². The Labute approximate surface area is 151 Å². The summed E-state index contributed by atoms with van der Waals surface area (Å²) in [6.07, 6.45) is 4.56. The third kappa shape index (κ3) is 3.02. The summed E-state index contributed by atoms with van der Waals surface area (Å²) >= 11 is 1.50. The van der Waals surface area contributed by atoms with E-state index in [1.165, 1.54) is 11.3 Å². The van der Waals surface area contributed by atoms with E-state index < -0.39 is 5.54 Å². The van der Waals surface area contributed by atoms with Gasteiger partial charge in [-0.3, -0.25) is 9.79 Å². The van der Waals surface area contributed by atoms with Crippen molar-refractivity contribution in [2.24, 2.45) is 4.99 Å². The molecule has 3 rings (SSSR count). The fourth-order valence-electron chi connectivity index (χ4n) is 3.11. The van der Waals surface area contributed by atoms with E-state index in [4.69, 9.17) is 0 Å². The minimum Gasteiger partial charge on any atom is -0.354 e. The first-order valence-electron chi connectivity index (χ1n) is 8.41. The van der Waals surface area contributed by atoms with Crippen LogP contribution in [0.4, 0.5) is 5.69 Å². The molecule has 0 amide bonds. The summed E-state index contributed by atoms with van der Waals surface area (Å²) in [6, 6.07) is 7.73. The van der Waals surface area contributed by atoms with E-state index in [2.05, 4.69) is 9.98 Å². The number of thiazole rings is 1. The van der Waals surface area contributed by atoms with E-state index in [1.807, 2.05) is 36.6 Å². The molecule has 0 aliphatic carbocycles. The maximum Gasteiger partial charge on any atom is 0.174 e. The summed E-state index contributed by atoms with van der Waals surface area (Å²) in [5.41, 5.74) is 1.20. The molecule has 6 heteroatoms. The summed E-state index contributed by atoms with van der Waals surface area (Å²) < 4.78 is 0. The number of benzene rings is 1. The molecule has 0 saturated heterocycles. The monoisotopic (exact) mass is 355 g/mol. The molecular formula is C19H21N3O2S. The van der Waals surface area contributed by atoms with Crippen molar-refractivity contribution in [3.8, 4) is 0 Å². The van der Waals surface area contributed by atoms with Crippen LogP contribution in [0.5, 0.6) is 0 Å². The lowest BCUT2D eigenvalue weighted by Gasteiger charge is -2.36. The highest BCUT2D eigenvalue weighted by Gasteiger charge is 2.44. The molecular weight excluding hydrogens is 334 g/mol. The summed E-state index contributed by atoms with van der Waals surface area (Å²) in [4.78, 5) is 35.9. The van der Waals surface area contributed by atoms with Gasteiger partial charge < -0.3 is 9.69 Å². The number of para-hydroxylation sites is 1. The highest BCUT2D eigenvalue weighted by molar-refractivity contribution is 7.11. The number of rotatable bonds is 6. The molecule has 2 aromatic rings. The molecule has 0 N–H and O–H groups in total. The molecule has 1 aromatic carbocycles. The summed E-state index contributed by atoms with van der Waals surface area (Å²) in [7, 11) is 1.80. The van der Waals surface area contributed by atoms with Gasteiger partial charge in [-0.1, -0.05) is 31.5 Å². The van der Waals surface area contributed by atoms with Gasteiger partial charge in [-0.15, -0.1) is 11.3 Å². The predicted molar refractivity (Wildman–Crippen MR) is 101 cm³/mol. The number of anilines is 1. The summed E-state index contributed by atoms with van der Waals surface area (Å²) in [6.45, 7) is 2.14. The van der Waals surface area contributed by atoms with Crippen molar-refractivity contribution in [3.05, 3.63) is 46.4 Å². The highest BCUT2D eigenvalue weighted by Crippen LogP contribution is 2.33. The van der Waals surface area contributed by atoms with Crippen LogP contribution in [-0.4, -0.2) is 41.9 Å².